The van der Waals surface area contributed by atoms with Gasteiger partial charge in [0.2, 0.25) is 5.95 Å². The standard InChI is InChI=1S/C19H23N7/c1-12(13-5-6-13)9-21-18-16-7-8-20-17(16)24-19(25-18)23-14-10-22-26(11-14)15-3-2-4-15/h7-13,15H,2-6H2,1H3,(H2,20,23,24,25). The molecule has 2 fully saturated rings. The summed E-state index contributed by atoms with van der Waals surface area (Å²) in [6.07, 6.45) is 14.1. The van der Waals surface area contributed by atoms with Crippen LogP contribution in [-0.2, 0) is 0 Å². The van der Waals surface area contributed by atoms with Crippen molar-refractivity contribution >= 4 is 34.7 Å². The SMILES string of the molecule is CC(C=Nc1nc(Nc2cnn(C3CCC3)c2)nc2[nH]ccc12)C1CC1. The molecule has 134 valence electrons. The number of rotatable bonds is 6. The van der Waals surface area contributed by atoms with E-state index in [2.05, 4.69) is 37.3 Å². The molecule has 0 aliphatic heterocycles. The molecule has 3 heterocycles. The molecule has 3 aromatic heterocycles. The molecule has 2 aliphatic carbocycles. The Labute approximate surface area is 152 Å². The van der Waals surface area contributed by atoms with E-state index in [9.17, 15) is 0 Å². The Morgan fingerprint density at radius 1 is 1.31 bits per heavy atom. The lowest BCUT2D eigenvalue weighted by atomic mass is 9.93. The zero-order chi connectivity index (χ0) is 17.5. The van der Waals surface area contributed by atoms with Gasteiger partial charge < -0.3 is 10.3 Å². The quantitative estimate of drug-likeness (QED) is 0.647. The van der Waals surface area contributed by atoms with Crippen molar-refractivity contribution in [3.63, 3.8) is 0 Å². The van der Waals surface area contributed by atoms with Gasteiger partial charge in [-0.15, -0.1) is 0 Å². The summed E-state index contributed by atoms with van der Waals surface area (Å²) >= 11 is 0. The minimum absolute atomic E-state index is 0.496. The van der Waals surface area contributed by atoms with Crippen molar-refractivity contribution in [1.29, 1.82) is 0 Å². The Hall–Kier alpha value is -2.70. The summed E-state index contributed by atoms with van der Waals surface area (Å²) < 4.78 is 2.04. The van der Waals surface area contributed by atoms with Crippen LogP contribution in [0, 0.1) is 11.8 Å². The molecule has 5 rings (SSSR count). The molecule has 3 aromatic rings. The van der Waals surface area contributed by atoms with Gasteiger partial charge in [0.1, 0.15) is 5.65 Å². The second-order valence-corrected chi connectivity index (χ2v) is 7.50. The lowest BCUT2D eigenvalue weighted by Crippen LogP contribution is -2.17. The normalized spacial score (nSPS) is 19.1. The first-order valence-electron chi connectivity index (χ1n) is 9.47. The maximum Gasteiger partial charge on any atom is 0.231 e. The maximum atomic E-state index is 4.67. The molecule has 0 radical (unpaired) electrons. The Balaban J connectivity index is 1.41. The molecule has 0 aromatic carbocycles. The van der Waals surface area contributed by atoms with Gasteiger partial charge in [-0.3, -0.25) is 4.68 Å². The second-order valence-electron chi connectivity index (χ2n) is 7.50. The average molecular weight is 349 g/mol. The summed E-state index contributed by atoms with van der Waals surface area (Å²) in [5, 5.41) is 8.67. The molecule has 2 aliphatic rings. The number of aliphatic imine (C=N–C) groups is 1. The zero-order valence-corrected chi connectivity index (χ0v) is 14.9. The molecular weight excluding hydrogens is 326 g/mol. The topological polar surface area (TPSA) is 83.8 Å². The van der Waals surface area contributed by atoms with Crippen LogP contribution in [0.3, 0.4) is 0 Å². The Morgan fingerprint density at radius 3 is 2.96 bits per heavy atom. The average Bonchev–Trinajstić information content (AvgIpc) is 3.17. The van der Waals surface area contributed by atoms with Crippen LogP contribution in [0.5, 0.6) is 0 Å². The van der Waals surface area contributed by atoms with Gasteiger partial charge in [0.25, 0.3) is 0 Å². The minimum atomic E-state index is 0.496. The first kappa shape index (κ1) is 15.5. The van der Waals surface area contributed by atoms with Crippen LogP contribution >= 0.6 is 0 Å². The molecule has 1 atom stereocenters. The summed E-state index contributed by atoms with van der Waals surface area (Å²) in [4.78, 5) is 17.0. The van der Waals surface area contributed by atoms with Crippen molar-refractivity contribution in [3.8, 4) is 0 Å². The van der Waals surface area contributed by atoms with E-state index in [1.807, 2.05) is 35.6 Å². The fourth-order valence-corrected chi connectivity index (χ4v) is 3.39. The van der Waals surface area contributed by atoms with Gasteiger partial charge in [-0.1, -0.05) is 6.92 Å². The first-order valence-corrected chi connectivity index (χ1v) is 9.47. The van der Waals surface area contributed by atoms with E-state index in [4.69, 9.17) is 0 Å². The van der Waals surface area contributed by atoms with Gasteiger partial charge in [-0.05, 0) is 50.0 Å². The highest BCUT2D eigenvalue weighted by Gasteiger charge is 2.26. The van der Waals surface area contributed by atoms with E-state index in [0.717, 1.165) is 22.6 Å². The number of anilines is 2. The van der Waals surface area contributed by atoms with E-state index < -0.39 is 0 Å². The fourth-order valence-electron chi connectivity index (χ4n) is 3.39. The lowest BCUT2D eigenvalue weighted by molar-refractivity contribution is 0.289. The van der Waals surface area contributed by atoms with Gasteiger partial charge in [0.15, 0.2) is 5.82 Å². The molecule has 0 spiro atoms. The number of aromatic amines is 1. The van der Waals surface area contributed by atoms with Gasteiger partial charge in [0, 0.05) is 18.6 Å². The van der Waals surface area contributed by atoms with Crippen LogP contribution in [0.2, 0.25) is 0 Å². The number of fused-ring (bicyclic) bond motifs is 1. The smallest absolute Gasteiger partial charge is 0.231 e. The van der Waals surface area contributed by atoms with Crippen LogP contribution in [-0.4, -0.2) is 30.9 Å². The van der Waals surface area contributed by atoms with Gasteiger partial charge in [-0.2, -0.15) is 15.1 Å². The minimum Gasteiger partial charge on any atom is -0.346 e. The Bertz CT molecular complexity index is 946. The summed E-state index contributed by atoms with van der Waals surface area (Å²) in [7, 11) is 0. The molecule has 7 nitrogen and oxygen atoms in total. The Kier molecular flexibility index (Phi) is 3.72. The van der Waals surface area contributed by atoms with Crippen LogP contribution in [0.1, 0.15) is 45.1 Å². The number of nitrogens with one attached hydrogen (secondary N) is 2. The third-order valence-corrected chi connectivity index (χ3v) is 5.50. The van der Waals surface area contributed by atoms with Crippen molar-refractivity contribution in [2.75, 3.05) is 5.32 Å². The third kappa shape index (κ3) is 2.98. The number of hydrogen-bond donors (Lipinski definition) is 2. The van der Waals surface area contributed by atoms with Crippen LogP contribution in [0.15, 0.2) is 29.6 Å². The molecule has 1 unspecified atom stereocenters. The van der Waals surface area contributed by atoms with E-state index in [1.54, 1.807) is 0 Å². The highest BCUT2D eigenvalue weighted by Crippen LogP contribution is 2.36. The van der Waals surface area contributed by atoms with Crippen molar-refractivity contribution in [2.24, 2.45) is 16.8 Å². The van der Waals surface area contributed by atoms with E-state index in [-0.39, 0.29) is 0 Å². The summed E-state index contributed by atoms with van der Waals surface area (Å²) in [5.41, 5.74) is 1.70. The second kappa shape index (κ2) is 6.23. The molecule has 2 saturated carbocycles. The van der Waals surface area contributed by atoms with E-state index in [1.165, 1.54) is 32.1 Å². The van der Waals surface area contributed by atoms with Crippen molar-refractivity contribution < 1.29 is 0 Å². The summed E-state index contributed by atoms with van der Waals surface area (Å²) in [6.45, 7) is 2.23. The number of nitrogens with zero attached hydrogens (tertiary/aromatic N) is 5. The highest BCUT2D eigenvalue weighted by molar-refractivity contribution is 5.88. The maximum absolute atomic E-state index is 4.67. The van der Waals surface area contributed by atoms with Crippen molar-refractivity contribution in [3.05, 3.63) is 24.7 Å². The van der Waals surface area contributed by atoms with Gasteiger partial charge in [-0.25, -0.2) is 4.99 Å². The van der Waals surface area contributed by atoms with Crippen LogP contribution < -0.4 is 5.32 Å². The molecule has 26 heavy (non-hydrogen) atoms. The summed E-state index contributed by atoms with van der Waals surface area (Å²) in [5.74, 6) is 2.53. The fraction of sp³-hybridized carbons (Fsp3) is 0.474. The van der Waals surface area contributed by atoms with Gasteiger partial charge in [0.05, 0.1) is 23.3 Å². The van der Waals surface area contributed by atoms with Crippen LogP contribution in [0.4, 0.5) is 17.5 Å². The molecule has 0 saturated heterocycles. The zero-order valence-electron chi connectivity index (χ0n) is 14.9. The van der Waals surface area contributed by atoms with E-state index in [0.29, 0.717) is 23.7 Å². The number of hydrogen-bond acceptors (Lipinski definition) is 5. The number of aromatic nitrogens is 5. The molecular formula is C19H23N7. The highest BCUT2D eigenvalue weighted by atomic mass is 15.3. The van der Waals surface area contributed by atoms with E-state index >= 15 is 0 Å². The van der Waals surface area contributed by atoms with Crippen molar-refractivity contribution in [2.45, 2.75) is 45.1 Å². The monoisotopic (exact) mass is 349 g/mol. The Morgan fingerprint density at radius 2 is 2.19 bits per heavy atom. The third-order valence-electron chi connectivity index (χ3n) is 5.50. The van der Waals surface area contributed by atoms with Crippen molar-refractivity contribution in [1.82, 2.24) is 24.7 Å². The summed E-state index contributed by atoms with van der Waals surface area (Å²) in [6, 6.07) is 2.52. The first-order chi connectivity index (χ1) is 12.8. The molecule has 7 heteroatoms. The number of H-pyrrole nitrogens is 1. The largest absolute Gasteiger partial charge is 0.346 e. The van der Waals surface area contributed by atoms with Gasteiger partial charge >= 0.3 is 0 Å². The van der Waals surface area contributed by atoms with Crippen LogP contribution in [0.25, 0.3) is 11.0 Å². The molecule has 0 amide bonds. The lowest BCUT2D eigenvalue weighted by Gasteiger charge is -2.25. The predicted molar refractivity (Wildman–Crippen MR) is 102 cm³/mol. The molecule has 0 bridgehead atoms. The molecule has 2 N–H and O–H groups in total. The predicted octanol–water partition coefficient (Wildman–Crippen LogP) is 4.37.